The largest absolute Gasteiger partial charge is 0.456 e. The summed E-state index contributed by atoms with van der Waals surface area (Å²) >= 11 is 0. The number of carbonyl (C=O) groups is 4. The Balaban J connectivity index is 1.43. The molecule has 6 rings (SSSR count). The van der Waals surface area contributed by atoms with Crippen molar-refractivity contribution in [2.24, 2.45) is 50.2 Å². The zero-order chi connectivity index (χ0) is 38.4. The quantitative estimate of drug-likeness (QED) is 0.171. The Labute approximate surface area is 309 Å². The fraction of sp³-hybridized carbons (Fsp3) is 0.857. The van der Waals surface area contributed by atoms with Crippen LogP contribution in [-0.4, -0.2) is 72.1 Å². The maximum absolute atomic E-state index is 14.8. The van der Waals surface area contributed by atoms with E-state index in [1.54, 1.807) is 0 Å². The highest BCUT2D eigenvalue weighted by molar-refractivity contribution is 5.85. The molecule has 1 heterocycles. The zero-order valence-corrected chi connectivity index (χ0v) is 33.1. The van der Waals surface area contributed by atoms with Crippen LogP contribution in [0.3, 0.4) is 0 Å². The maximum atomic E-state index is 14.8. The van der Waals surface area contributed by atoms with Gasteiger partial charge in [-0.3, -0.25) is 19.2 Å². The number of aliphatic hydroxyl groups is 1. The van der Waals surface area contributed by atoms with Crippen LogP contribution in [0.25, 0.3) is 0 Å². The second-order valence-corrected chi connectivity index (χ2v) is 19.6. The lowest BCUT2D eigenvalue weighted by molar-refractivity contribution is -0.279. The second-order valence-electron chi connectivity index (χ2n) is 19.6. The van der Waals surface area contributed by atoms with Crippen molar-refractivity contribution in [2.45, 2.75) is 170 Å². The molecule has 1 N–H and O–H groups in total. The van der Waals surface area contributed by atoms with Crippen LogP contribution < -0.4 is 0 Å². The summed E-state index contributed by atoms with van der Waals surface area (Å²) in [7, 11) is 0. The fourth-order valence-corrected chi connectivity index (χ4v) is 13.2. The third-order valence-electron chi connectivity index (χ3n) is 16.1. The highest BCUT2D eigenvalue weighted by Crippen LogP contribution is 2.76. The van der Waals surface area contributed by atoms with E-state index in [2.05, 4.69) is 54.5 Å². The normalized spacial score (nSPS) is 45.5. The monoisotopic (exact) mass is 730 g/mol. The molecule has 6 unspecified atom stereocenters. The first-order valence-electron chi connectivity index (χ1n) is 19.7. The number of hydrogen-bond donors (Lipinski definition) is 1. The third-order valence-corrected chi connectivity index (χ3v) is 16.1. The molecule has 52 heavy (non-hydrogen) atoms. The minimum Gasteiger partial charge on any atom is -0.456 e. The van der Waals surface area contributed by atoms with E-state index in [1.807, 2.05) is 0 Å². The minimum atomic E-state index is -1.38. The Kier molecular flexibility index (Phi) is 9.96. The summed E-state index contributed by atoms with van der Waals surface area (Å²) in [6, 6.07) is 0. The highest BCUT2D eigenvalue weighted by atomic mass is 19.1. The average Bonchev–Trinajstić information content (AvgIpc) is 3.04. The van der Waals surface area contributed by atoms with Crippen LogP contribution in [0.1, 0.15) is 133 Å². The molecule has 1 saturated heterocycles. The molecule has 0 amide bonds. The van der Waals surface area contributed by atoms with Gasteiger partial charge in [0.05, 0.1) is 6.10 Å². The lowest BCUT2D eigenvalue weighted by atomic mass is 9.33. The number of hydrogen-bond acceptors (Lipinski definition) is 9. The van der Waals surface area contributed by atoms with E-state index >= 15 is 0 Å². The Morgan fingerprint density at radius 1 is 0.846 bits per heavy atom. The molecule has 10 heteroatoms. The molecule has 13 atom stereocenters. The molecule has 0 spiro atoms. The van der Waals surface area contributed by atoms with Gasteiger partial charge in [0, 0.05) is 38.0 Å². The van der Waals surface area contributed by atoms with Gasteiger partial charge < -0.3 is 24.1 Å². The molecular formula is C42H63FO9. The number of carbonyl (C=O) groups excluding carboxylic acids is 4. The van der Waals surface area contributed by atoms with Crippen LogP contribution in [0.5, 0.6) is 0 Å². The van der Waals surface area contributed by atoms with Gasteiger partial charge in [-0.05, 0) is 97.2 Å². The van der Waals surface area contributed by atoms with E-state index in [0.717, 1.165) is 44.9 Å². The smallest absolute Gasteiger partial charge is 0.303 e. The lowest BCUT2D eigenvalue weighted by Crippen LogP contribution is -2.69. The minimum absolute atomic E-state index is 0.00694. The number of ketones is 1. The molecule has 0 aromatic heterocycles. The molecule has 0 aromatic rings. The highest BCUT2D eigenvalue weighted by Gasteiger charge is 2.70. The standard InChI is InChI=1S/C42H63FO9/c1-23(44)49-32-28(22-43)52-35(34(51-25(3)46)33(32)50-24(2)45)36(48)42-19-17-37(4,5)21-27(42)26-11-12-30-39(8)15-14-31(47)38(6,7)29(39)13-16-41(30,10)40(26,9)18-20-42/h11,27-30,32-36,48H,12-22H2,1-10H3/t27?,28?,29?,30?,32-,33+,34?,35-,36?,39+,40-,41-,42+/m1/s1. The summed E-state index contributed by atoms with van der Waals surface area (Å²) in [6.45, 7) is 18.8. The average molecular weight is 731 g/mol. The Hall–Kier alpha value is -2.33. The van der Waals surface area contributed by atoms with Gasteiger partial charge in [0.1, 0.15) is 24.7 Å². The molecule has 1 aliphatic heterocycles. The van der Waals surface area contributed by atoms with Crippen molar-refractivity contribution in [1.29, 1.82) is 0 Å². The number of allylic oxidation sites excluding steroid dienone is 2. The number of halogens is 1. The van der Waals surface area contributed by atoms with E-state index in [9.17, 15) is 28.7 Å². The van der Waals surface area contributed by atoms with Crippen LogP contribution in [0.2, 0.25) is 0 Å². The van der Waals surface area contributed by atoms with Crippen LogP contribution in [0.15, 0.2) is 11.6 Å². The van der Waals surface area contributed by atoms with Crippen molar-refractivity contribution in [3.8, 4) is 0 Å². The number of alkyl halides is 1. The first-order chi connectivity index (χ1) is 24.1. The molecule has 6 aliphatic rings. The van der Waals surface area contributed by atoms with E-state index in [0.29, 0.717) is 36.9 Å². The maximum Gasteiger partial charge on any atom is 0.303 e. The van der Waals surface area contributed by atoms with E-state index in [1.165, 1.54) is 26.3 Å². The van der Waals surface area contributed by atoms with Gasteiger partial charge in [-0.1, -0.05) is 60.1 Å². The van der Waals surface area contributed by atoms with Crippen LogP contribution in [-0.2, 0) is 38.1 Å². The summed E-state index contributed by atoms with van der Waals surface area (Å²) in [5.74, 6) is -1.03. The molecule has 0 radical (unpaired) electrons. The van der Waals surface area contributed by atoms with Crippen LogP contribution in [0, 0.1) is 50.2 Å². The van der Waals surface area contributed by atoms with Crippen LogP contribution in [0.4, 0.5) is 4.39 Å². The number of ether oxygens (including phenoxy) is 4. The second kappa shape index (κ2) is 13.2. The fourth-order valence-electron chi connectivity index (χ4n) is 13.2. The van der Waals surface area contributed by atoms with Gasteiger partial charge in [-0.2, -0.15) is 0 Å². The molecule has 5 fully saturated rings. The Morgan fingerprint density at radius 2 is 1.44 bits per heavy atom. The number of fused-ring (bicyclic) bond motifs is 7. The van der Waals surface area contributed by atoms with Gasteiger partial charge in [-0.15, -0.1) is 0 Å². The lowest BCUT2D eigenvalue weighted by Gasteiger charge is -2.71. The molecule has 9 nitrogen and oxygen atoms in total. The van der Waals surface area contributed by atoms with Crippen molar-refractivity contribution >= 4 is 23.7 Å². The molecule has 5 aliphatic carbocycles. The molecule has 292 valence electrons. The predicted octanol–water partition coefficient (Wildman–Crippen LogP) is 7.25. The van der Waals surface area contributed by atoms with Crippen molar-refractivity contribution in [2.75, 3.05) is 6.67 Å². The van der Waals surface area contributed by atoms with Crippen LogP contribution >= 0.6 is 0 Å². The molecule has 4 saturated carbocycles. The Bertz CT molecular complexity index is 1500. The topological polar surface area (TPSA) is 125 Å². The van der Waals surface area contributed by atoms with Gasteiger partial charge in [-0.25, -0.2) is 4.39 Å². The molecular weight excluding hydrogens is 667 g/mol. The predicted molar refractivity (Wildman–Crippen MR) is 191 cm³/mol. The summed E-state index contributed by atoms with van der Waals surface area (Å²) in [5, 5.41) is 12.9. The van der Waals surface area contributed by atoms with Gasteiger partial charge >= 0.3 is 17.9 Å². The Morgan fingerprint density at radius 3 is 2.06 bits per heavy atom. The van der Waals surface area contributed by atoms with Gasteiger partial charge in [0.25, 0.3) is 0 Å². The first-order valence-corrected chi connectivity index (χ1v) is 19.7. The van der Waals surface area contributed by atoms with Gasteiger partial charge in [0.2, 0.25) is 0 Å². The van der Waals surface area contributed by atoms with Crippen molar-refractivity contribution in [3.05, 3.63) is 11.6 Å². The molecule has 0 bridgehead atoms. The van der Waals surface area contributed by atoms with Gasteiger partial charge in [0.15, 0.2) is 18.3 Å². The number of esters is 3. The van der Waals surface area contributed by atoms with Crippen molar-refractivity contribution < 1.29 is 47.6 Å². The van der Waals surface area contributed by atoms with E-state index in [4.69, 9.17) is 18.9 Å². The summed E-state index contributed by atoms with van der Waals surface area (Å²) < 4.78 is 38.0. The SMILES string of the molecule is CC(=O)OC1[C@H](C(O)[C@]23CCC(C)(C)CC2C2=CCC4[C@@]5(C)CCC(=O)C(C)(C)C5CC[C@@]4(C)[C@]2(C)CC3)OC(CF)[C@@H](OC(C)=O)[C@@H]1OC(C)=O. The summed E-state index contributed by atoms with van der Waals surface area (Å²) in [5.41, 5.74) is 0.212. The van der Waals surface area contributed by atoms with E-state index < -0.39 is 66.6 Å². The first kappa shape index (κ1) is 39.4. The zero-order valence-electron chi connectivity index (χ0n) is 33.1. The summed E-state index contributed by atoms with van der Waals surface area (Å²) in [6.07, 6.45) is 3.04. The van der Waals surface area contributed by atoms with E-state index in [-0.39, 0.29) is 33.0 Å². The number of aliphatic hydroxyl groups excluding tert-OH is 1. The molecule has 0 aromatic carbocycles. The number of rotatable bonds is 6. The third kappa shape index (κ3) is 5.90. The number of Topliss-reactive ketones (excluding diaryl/α,β-unsaturated/α-hetero) is 1. The van der Waals surface area contributed by atoms with Crippen molar-refractivity contribution in [3.63, 3.8) is 0 Å². The summed E-state index contributed by atoms with van der Waals surface area (Å²) in [4.78, 5) is 50.4. The van der Waals surface area contributed by atoms with Crippen molar-refractivity contribution in [1.82, 2.24) is 0 Å².